The smallest absolute Gasteiger partial charge is 0.274 e. The quantitative estimate of drug-likeness (QED) is 0.221. The number of benzene rings is 3. The van der Waals surface area contributed by atoms with Crippen LogP contribution in [0.15, 0.2) is 48.5 Å². The van der Waals surface area contributed by atoms with E-state index < -0.39 is 5.41 Å². The highest BCUT2D eigenvalue weighted by molar-refractivity contribution is 6.19. The number of halogens is 1. The molecule has 10 nitrogen and oxygen atoms in total. The number of rotatable bonds is 7. The second kappa shape index (κ2) is 11.3. The summed E-state index contributed by atoms with van der Waals surface area (Å²) in [5.74, 6) is 0.782. The van der Waals surface area contributed by atoms with E-state index in [1.54, 1.807) is 29.2 Å². The molecule has 0 saturated carbocycles. The molecule has 2 saturated heterocycles. The van der Waals surface area contributed by atoms with E-state index in [0.29, 0.717) is 53.7 Å². The minimum atomic E-state index is -0.584. The van der Waals surface area contributed by atoms with E-state index in [4.69, 9.17) is 21.1 Å². The van der Waals surface area contributed by atoms with Crippen LogP contribution in [0.1, 0.15) is 41.2 Å². The Balaban J connectivity index is 1.10. The van der Waals surface area contributed by atoms with Gasteiger partial charge in [0.15, 0.2) is 11.5 Å². The molecular formula is C34H35ClN4O6. The standard InChI is InChI=1S/C34H35ClN4O6/c1-37-9-7-34(8-10-37)17-30(41)38(33(34)43)11-12-45-29-14-20-13-25(36-24(20)15-28(29)44-2)32(42)39-19-21(18-35)31-23-6-4-3-5-22(23)27(40)16-26(31)39/h3-6,13-16,21,36,40H,7-12,17-19H2,1-2H3/t21-/m1/s1. The first-order chi connectivity index (χ1) is 21.7. The van der Waals surface area contributed by atoms with Gasteiger partial charge in [-0.3, -0.25) is 19.3 Å². The van der Waals surface area contributed by atoms with Crippen LogP contribution < -0.4 is 14.4 Å². The number of phenols is 1. The van der Waals surface area contributed by atoms with Gasteiger partial charge in [0.1, 0.15) is 18.1 Å². The number of likely N-dealkylation sites (tertiary alicyclic amines) is 2. The summed E-state index contributed by atoms with van der Waals surface area (Å²) in [6, 6.07) is 14.5. The summed E-state index contributed by atoms with van der Waals surface area (Å²) in [5, 5.41) is 13.1. The van der Waals surface area contributed by atoms with Crippen molar-refractivity contribution in [1.82, 2.24) is 14.8 Å². The molecule has 7 rings (SSSR count). The summed E-state index contributed by atoms with van der Waals surface area (Å²) >= 11 is 6.37. The number of fused-ring (bicyclic) bond motifs is 4. The molecule has 2 fully saturated rings. The van der Waals surface area contributed by atoms with E-state index in [-0.39, 0.29) is 49.0 Å². The molecule has 234 valence electrons. The monoisotopic (exact) mass is 630 g/mol. The molecule has 3 amide bonds. The predicted molar refractivity (Wildman–Crippen MR) is 172 cm³/mol. The lowest BCUT2D eigenvalue weighted by Gasteiger charge is -2.35. The molecular weight excluding hydrogens is 596 g/mol. The van der Waals surface area contributed by atoms with Crippen molar-refractivity contribution >= 4 is 56.7 Å². The Labute approximate surface area is 265 Å². The van der Waals surface area contributed by atoms with Gasteiger partial charge in [0.25, 0.3) is 5.91 Å². The maximum atomic E-state index is 13.9. The number of carbonyl (C=O) groups excluding carboxylic acids is 3. The van der Waals surface area contributed by atoms with E-state index in [1.165, 1.54) is 12.0 Å². The number of anilines is 1. The van der Waals surface area contributed by atoms with Crippen molar-refractivity contribution in [3.63, 3.8) is 0 Å². The molecule has 1 spiro atoms. The zero-order chi connectivity index (χ0) is 31.5. The molecule has 1 aromatic heterocycles. The number of carbonyl (C=O) groups is 3. The number of H-pyrrole nitrogens is 1. The zero-order valence-electron chi connectivity index (χ0n) is 25.3. The summed E-state index contributed by atoms with van der Waals surface area (Å²) < 4.78 is 11.6. The number of aromatic amines is 1. The van der Waals surface area contributed by atoms with Crippen molar-refractivity contribution in [3.8, 4) is 17.2 Å². The number of amides is 3. The Morgan fingerprint density at radius 3 is 2.58 bits per heavy atom. The average Bonchev–Trinajstić information content (AvgIpc) is 3.70. The number of hydrogen-bond donors (Lipinski definition) is 2. The van der Waals surface area contributed by atoms with Crippen molar-refractivity contribution in [1.29, 1.82) is 0 Å². The first-order valence-corrected chi connectivity index (χ1v) is 15.8. The highest BCUT2D eigenvalue weighted by atomic mass is 35.5. The Hall–Kier alpha value is -4.28. The first kappa shape index (κ1) is 29.4. The molecule has 3 aromatic carbocycles. The molecule has 2 N–H and O–H groups in total. The number of nitrogens with zero attached hydrogens (tertiary/aromatic N) is 3. The highest BCUT2D eigenvalue weighted by Crippen LogP contribution is 2.46. The number of alkyl halides is 1. The minimum Gasteiger partial charge on any atom is -0.507 e. The lowest BCUT2D eigenvalue weighted by atomic mass is 9.77. The average molecular weight is 631 g/mol. The summed E-state index contributed by atoms with van der Waals surface area (Å²) in [4.78, 5) is 48.4. The van der Waals surface area contributed by atoms with Crippen molar-refractivity contribution in [2.45, 2.75) is 25.2 Å². The van der Waals surface area contributed by atoms with E-state index in [2.05, 4.69) is 9.88 Å². The Morgan fingerprint density at radius 1 is 1.09 bits per heavy atom. The highest BCUT2D eigenvalue weighted by Gasteiger charge is 2.52. The number of methoxy groups -OCH3 is 1. The number of imide groups is 1. The number of ether oxygens (including phenoxy) is 2. The zero-order valence-corrected chi connectivity index (χ0v) is 26.0. The van der Waals surface area contributed by atoms with Gasteiger partial charge in [-0.1, -0.05) is 24.3 Å². The van der Waals surface area contributed by atoms with Crippen LogP contribution in [-0.2, 0) is 9.59 Å². The maximum absolute atomic E-state index is 13.9. The fourth-order valence-corrected chi connectivity index (χ4v) is 7.44. The number of piperidine rings is 1. The van der Waals surface area contributed by atoms with Gasteiger partial charge >= 0.3 is 0 Å². The summed E-state index contributed by atoms with van der Waals surface area (Å²) in [7, 11) is 3.56. The van der Waals surface area contributed by atoms with Crippen LogP contribution in [0, 0.1) is 5.41 Å². The number of phenolic OH excluding ortho intramolecular Hbond substituents is 1. The van der Waals surface area contributed by atoms with Crippen LogP contribution >= 0.6 is 11.6 Å². The van der Waals surface area contributed by atoms with Gasteiger partial charge in [-0.05, 0) is 56.1 Å². The van der Waals surface area contributed by atoms with Crippen molar-refractivity contribution in [3.05, 3.63) is 59.8 Å². The Bertz CT molecular complexity index is 1850. The molecule has 3 aliphatic heterocycles. The number of aromatic hydroxyl groups is 1. The topological polar surface area (TPSA) is 115 Å². The van der Waals surface area contributed by atoms with E-state index in [9.17, 15) is 19.5 Å². The largest absolute Gasteiger partial charge is 0.507 e. The number of hydrogen-bond acceptors (Lipinski definition) is 7. The SMILES string of the molecule is COc1cc2[nH]c(C(=O)N3C[C@@H](CCl)c4c3cc(O)c3ccccc43)cc2cc1OCCN1C(=O)CC2(CCN(C)CC2)C1=O. The lowest BCUT2D eigenvalue weighted by molar-refractivity contribution is -0.142. The second-order valence-electron chi connectivity index (χ2n) is 12.4. The third-order valence-electron chi connectivity index (χ3n) is 9.72. The summed E-state index contributed by atoms with van der Waals surface area (Å²) in [6.45, 7) is 2.28. The van der Waals surface area contributed by atoms with Crippen molar-refractivity contribution in [2.24, 2.45) is 5.41 Å². The molecule has 11 heteroatoms. The third kappa shape index (κ3) is 4.87. The maximum Gasteiger partial charge on any atom is 0.274 e. The van der Waals surface area contributed by atoms with Crippen LogP contribution in [0.3, 0.4) is 0 Å². The van der Waals surface area contributed by atoms with Crippen LogP contribution in [0.2, 0.25) is 0 Å². The Morgan fingerprint density at radius 2 is 1.84 bits per heavy atom. The van der Waals surface area contributed by atoms with Gasteiger partial charge in [-0.2, -0.15) is 0 Å². The van der Waals surface area contributed by atoms with Gasteiger partial charge < -0.3 is 29.4 Å². The number of nitrogens with one attached hydrogen (secondary N) is 1. The van der Waals surface area contributed by atoms with Gasteiger partial charge in [0.2, 0.25) is 11.8 Å². The normalized spacial score (nSPS) is 19.7. The van der Waals surface area contributed by atoms with E-state index in [0.717, 1.165) is 34.8 Å². The van der Waals surface area contributed by atoms with Crippen molar-refractivity contribution in [2.75, 3.05) is 57.7 Å². The van der Waals surface area contributed by atoms with Gasteiger partial charge in [-0.25, -0.2) is 0 Å². The molecule has 1 atom stereocenters. The fraction of sp³-hybridized carbons (Fsp3) is 0.382. The predicted octanol–water partition coefficient (Wildman–Crippen LogP) is 4.87. The van der Waals surface area contributed by atoms with Crippen LogP contribution in [0.5, 0.6) is 17.2 Å². The first-order valence-electron chi connectivity index (χ1n) is 15.2. The van der Waals surface area contributed by atoms with Gasteiger partial charge in [0, 0.05) is 53.2 Å². The minimum absolute atomic E-state index is 0.0794. The van der Waals surface area contributed by atoms with Crippen LogP contribution in [0.25, 0.3) is 21.7 Å². The molecule has 45 heavy (non-hydrogen) atoms. The van der Waals surface area contributed by atoms with Crippen LogP contribution in [-0.4, -0.2) is 90.4 Å². The molecule has 0 radical (unpaired) electrons. The molecule has 3 aliphatic rings. The van der Waals surface area contributed by atoms with Gasteiger partial charge in [0.05, 0.1) is 24.8 Å². The summed E-state index contributed by atoms with van der Waals surface area (Å²) in [5.41, 5.74) is 2.08. The molecule has 0 bridgehead atoms. The molecule has 0 unspecified atom stereocenters. The van der Waals surface area contributed by atoms with Gasteiger partial charge in [-0.15, -0.1) is 11.6 Å². The molecule has 4 aromatic rings. The van der Waals surface area contributed by atoms with Crippen LogP contribution in [0.4, 0.5) is 5.69 Å². The second-order valence-corrected chi connectivity index (χ2v) is 12.7. The lowest BCUT2D eigenvalue weighted by Crippen LogP contribution is -2.44. The molecule has 0 aliphatic carbocycles. The Kier molecular flexibility index (Phi) is 7.37. The molecule has 4 heterocycles. The summed E-state index contributed by atoms with van der Waals surface area (Å²) in [6.07, 6.45) is 1.65. The van der Waals surface area contributed by atoms with E-state index in [1.807, 2.05) is 31.3 Å². The van der Waals surface area contributed by atoms with Crippen molar-refractivity contribution < 1.29 is 29.0 Å². The van der Waals surface area contributed by atoms with E-state index >= 15 is 0 Å². The third-order valence-corrected chi connectivity index (χ3v) is 10.1. The number of aromatic nitrogens is 1. The fourth-order valence-electron chi connectivity index (χ4n) is 7.19.